The van der Waals surface area contributed by atoms with E-state index in [-0.39, 0.29) is 5.91 Å². The fourth-order valence-electron chi connectivity index (χ4n) is 9.40. The minimum atomic E-state index is -0.0568. The summed E-state index contributed by atoms with van der Waals surface area (Å²) in [5.41, 5.74) is 10.5. The number of halogens is 1. The van der Waals surface area contributed by atoms with Crippen LogP contribution < -0.4 is 15.5 Å². The maximum Gasteiger partial charge on any atom is 0.251 e. The molecular formula is C59H66BrN5O2S2. The van der Waals surface area contributed by atoms with Crippen LogP contribution >= 0.6 is 39.5 Å². The Morgan fingerprint density at radius 3 is 2.09 bits per heavy atom. The van der Waals surface area contributed by atoms with Gasteiger partial charge >= 0.3 is 0 Å². The molecule has 0 unspecified atom stereocenters. The predicted molar refractivity (Wildman–Crippen MR) is 297 cm³/mol. The molecule has 0 saturated heterocycles. The quantitative estimate of drug-likeness (QED) is 0.121. The molecule has 2 fully saturated rings. The SMILES string of the molecule is C=C/C=C1/C(C2CCCCC2)=Nc2cc(C(=O)NCCN(CC)c3ccccc3)ccc2S/C1=C/C.CNCc1ccccc1Br.O=Cc1ccc2c(c1)N=C(C1CCCCC1)c1ccccc1S2. The van der Waals surface area contributed by atoms with Crippen LogP contribution in [0.5, 0.6) is 0 Å². The van der Waals surface area contributed by atoms with Crippen molar-refractivity contribution in [2.45, 2.75) is 99.3 Å². The second-order valence-corrected chi connectivity index (χ2v) is 20.7. The number of carbonyl (C=O) groups is 2. The van der Waals surface area contributed by atoms with Gasteiger partial charge in [0.05, 0.1) is 22.8 Å². The molecule has 0 aromatic heterocycles. The molecule has 2 aliphatic carbocycles. The summed E-state index contributed by atoms with van der Waals surface area (Å²) in [4.78, 5) is 41.4. The van der Waals surface area contributed by atoms with Crippen LogP contribution in [0.3, 0.4) is 0 Å². The van der Waals surface area contributed by atoms with E-state index in [9.17, 15) is 9.59 Å². The van der Waals surface area contributed by atoms with Crippen molar-refractivity contribution in [3.8, 4) is 0 Å². The number of carbonyl (C=O) groups excluding carboxylic acids is 2. The van der Waals surface area contributed by atoms with Crippen molar-refractivity contribution in [3.05, 3.63) is 177 Å². The molecule has 5 aromatic carbocycles. The van der Waals surface area contributed by atoms with E-state index in [0.29, 0.717) is 29.5 Å². The first kappa shape index (κ1) is 51.6. The highest BCUT2D eigenvalue weighted by Crippen LogP contribution is 2.46. The van der Waals surface area contributed by atoms with Crippen LogP contribution in [0.15, 0.2) is 180 Å². The first-order valence-corrected chi connectivity index (χ1v) is 27.1. The van der Waals surface area contributed by atoms with E-state index < -0.39 is 0 Å². The number of anilines is 1. The van der Waals surface area contributed by atoms with E-state index in [1.165, 1.54) is 107 Å². The third-order valence-corrected chi connectivity index (χ3v) is 16.1. The lowest BCUT2D eigenvalue weighted by Gasteiger charge is -2.25. The van der Waals surface area contributed by atoms with E-state index in [2.05, 4.69) is 107 Å². The van der Waals surface area contributed by atoms with Crippen molar-refractivity contribution >= 4 is 80.1 Å². The maximum absolute atomic E-state index is 13.1. The molecule has 0 atom stereocenters. The molecule has 10 heteroatoms. The summed E-state index contributed by atoms with van der Waals surface area (Å²) in [6.07, 6.45) is 19.5. The predicted octanol–water partition coefficient (Wildman–Crippen LogP) is 15.6. The Morgan fingerprint density at radius 1 is 0.768 bits per heavy atom. The van der Waals surface area contributed by atoms with Crippen LogP contribution in [-0.2, 0) is 6.54 Å². The van der Waals surface area contributed by atoms with E-state index in [0.717, 1.165) is 52.8 Å². The smallest absolute Gasteiger partial charge is 0.251 e. The van der Waals surface area contributed by atoms with Gasteiger partial charge in [0.1, 0.15) is 6.29 Å². The van der Waals surface area contributed by atoms with Gasteiger partial charge in [-0.05, 0) is 107 Å². The Kier molecular flexibility index (Phi) is 19.9. The standard InChI is InChI=1S/C31H37N3OS.C20H19NOS.C8H10BrN/c1-4-13-26-28(5-2)36-29-19-18-24(22-27(29)33-30(26)23-14-9-7-10-15-23)31(35)32-20-21-34(6-3)25-16-11-8-12-17-25;22-13-14-10-11-19-17(12-14)21-20(15-6-2-1-3-7-15)16-8-4-5-9-18(16)23-19;1-10-6-7-4-2-3-5-8(7)9/h4-5,8,11-13,16-19,22-23H,1,6-7,9-10,14-15,20-21H2,2-3H3,(H,32,35);4-5,8-13,15H,1-3,6-7H2;2-5,10H,6H2,1H3/b26-13+,28-5+;;. The number of aldehydes is 1. The number of thioether (sulfide) groups is 1. The van der Waals surface area contributed by atoms with Crippen molar-refractivity contribution in [3.63, 3.8) is 0 Å². The minimum absolute atomic E-state index is 0.0568. The first-order chi connectivity index (χ1) is 33.8. The van der Waals surface area contributed by atoms with Gasteiger partial charge in [-0.2, -0.15) is 0 Å². The first-order valence-electron chi connectivity index (χ1n) is 24.7. The van der Waals surface area contributed by atoms with E-state index in [4.69, 9.17) is 9.98 Å². The summed E-state index contributed by atoms with van der Waals surface area (Å²) in [7, 11) is 1.94. The van der Waals surface area contributed by atoms with Crippen molar-refractivity contribution in [2.75, 3.05) is 31.6 Å². The van der Waals surface area contributed by atoms with Crippen LogP contribution in [0, 0.1) is 11.8 Å². The number of rotatable bonds is 12. The van der Waals surface area contributed by atoms with Gasteiger partial charge < -0.3 is 15.5 Å². The fraction of sp³-hybridized carbons (Fsp3) is 0.322. The van der Waals surface area contributed by atoms with Crippen LogP contribution in [0.25, 0.3) is 0 Å². The molecule has 9 rings (SSSR count). The van der Waals surface area contributed by atoms with Gasteiger partial charge in [0.25, 0.3) is 5.91 Å². The highest BCUT2D eigenvalue weighted by Gasteiger charge is 2.28. The van der Waals surface area contributed by atoms with Crippen LogP contribution in [0.1, 0.15) is 110 Å². The zero-order chi connectivity index (χ0) is 48.4. The number of nitrogens with zero attached hydrogens (tertiary/aromatic N) is 3. The van der Waals surface area contributed by atoms with Gasteiger partial charge in [-0.1, -0.05) is 163 Å². The third-order valence-electron chi connectivity index (χ3n) is 13.0. The second-order valence-electron chi connectivity index (χ2n) is 17.7. The molecule has 5 aromatic rings. The molecule has 0 spiro atoms. The zero-order valence-corrected chi connectivity index (χ0v) is 43.6. The molecule has 7 nitrogen and oxygen atoms in total. The highest BCUT2D eigenvalue weighted by molar-refractivity contribution is 9.10. The molecule has 2 saturated carbocycles. The summed E-state index contributed by atoms with van der Waals surface area (Å²) < 4.78 is 1.17. The number of hydrogen-bond acceptors (Lipinski definition) is 8. The second kappa shape index (κ2) is 26.6. The fourth-order valence-corrected chi connectivity index (χ4v) is 11.8. The van der Waals surface area contributed by atoms with E-state index in [1.54, 1.807) is 23.5 Å². The van der Waals surface area contributed by atoms with Gasteiger partial charge in [0, 0.05) is 90.0 Å². The number of fused-ring (bicyclic) bond motifs is 3. The molecule has 0 bridgehead atoms. The molecule has 4 aliphatic rings. The Balaban J connectivity index is 0.000000180. The van der Waals surface area contributed by atoms with Crippen molar-refractivity contribution in [1.82, 2.24) is 10.6 Å². The number of hydrogen-bond donors (Lipinski definition) is 2. The summed E-state index contributed by atoms with van der Waals surface area (Å²) in [6, 6.07) is 38.8. The van der Waals surface area contributed by atoms with Gasteiger partial charge in [-0.15, -0.1) is 0 Å². The molecule has 2 heterocycles. The number of benzene rings is 5. The van der Waals surface area contributed by atoms with E-state index >= 15 is 0 Å². The Bertz CT molecular complexity index is 2660. The third kappa shape index (κ3) is 14.0. The zero-order valence-electron chi connectivity index (χ0n) is 40.4. The maximum atomic E-state index is 13.1. The van der Waals surface area contributed by atoms with Gasteiger partial charge in [0.2, 0.25) is 0 Å². The normalized spacial score (nSPS) is 16.9. The van der Waals surface area contributed by atoms with Crippen LogP contribution in [0.2, 0.25) is 0 Å². The van der Waals surface area contributed by atoms with Crippen LogP contribution in [-0.4, -0.2) is 50.3 Å². The van der Waals surface area contributed by atoms with E-state index in [1.807, 2.05) is 85.9 Å². The Labute approximate surface area is 427 Å². The summed E-state index contributed by atoms with van der Waals surface area (Å²) in [5, 5.41) is 6.20. The average Bonchev–Trinajstić information content (AvgIpc) is 3.67. The topological polar surface area (TPSA) is 86.2 Å². The van der Waals surface area contributed by atoms with Gasteiger partial charge in [-0.25, -0.2) is 0 Å². The monoisotopic (exact) mass is 1020 g/mol. The van der Waals surface area contributed by atoms with Crippen LogP contribution in [0.4, 0.5) is 17.1 Å². The lowest BCUT2D eigenvalue weighted by atomic mass is 9.82. The summed E-state index contributed by atoms with van der Waals surface area (Å²) in [5.74, 6) is 0.928. The van der Waals surface area contributed by atoms with Crippen molar-refractivity contribution in [2.24, 2.45) is 21.8 Å². The number of amides is 1. The highest BCUT2D eigenvalue weighted by atomic mass is 79.9. The lowest BCUT2D eigenvalue weighted by Crippen LogP contribution is -2.34. The molecule has 2 N–H and O–H groups in total. The minimum Gasteiger partial charge on any atom is -0.370 e. The molecule has 0 radical (unpaired) electrons. The van der Waals surface area contributed by atoms with Crippen molar-refractivity contribution in [1.29, 1.82) is 0 Å². The number of allylic oxidation sites excluding steroid dienone is 4. The summed E-state index contributed by atoms with van der Waals surface area (Å²) in [6.45, 7) is 11.3. The molecule has 69 heavy (non-hydrogen) atoms. The number of para-hydroxylation sites is 1. The number of nitrogens with one attached hydrogen (secondary N) is 2. The largest absolute Gasteiger partial charge is 0.370 e. The average molecular weight is 1020 g/mol. The van der Waals surface area contributed by atoms with Gasteiger partial charge in [-0.3, -0.25) is 19.6 Å². The molecular weight excluding hydrogens is 955 g/mol. The molecule has 358 valence electrons. The number of likely N-dealkylation sites (N-methyl/N-ethyl adjacent to an activating group) is 1. The van der Waals surface area contributed by atoms with Crippen molar-refractivity contribution < 1.29 is 9.59 Å². The Hall–Kier alpha value is -5.26. The van der Waals surface area contributed by atoms with Gasteiger partial charge in [0.15, 0.2) is 0 Å². The summed E-state index contributed by atoms with van der Waals surface area (Å²) >= 11 is 6.95. The molecule has 1 amide bonds. The number of aliphatic imine (C=N–C) groups is 2. The molecule has 2 aliphatic heterocycles. The Morgan fingerprint density at radius 2 is 1.41 bits per heavy atom. The lowest BCUT2D eigenvalue weighted by molar-refractivity contribution is 0.0954.